The van der Waals surface area contributed by atoms with Crippen LogP contribution in [0, 0.1) is 13.8 Å². The van der Waals surface area contributed by atoms with Crippen molar-refractivity contribution in [1.29, 1.82) is 0 Å². The number of nitrogens with zero attached hydrogens (tertiary/aromatic N) is 2. The third-order valence-electron chi connectivity index (χ3n) is 4.09. The quantitative estimate of drug-likeness (QED) is 0.645. The zero-order valence-corrected chi connectivity index (χ0v) is 16.0. The van der Waals surface area contributed by atoms with Crippen molar-refractivity contribution in [3.63, 3.8) is 0 Å². The predicted molar refractivity (Wildman–Crippen MR) is 108 cm³/mol. The molecule has 0 bridgehead atoms. The second-order valence-corrected chi connectivity index (χ2v) is 6.22. The number of benzene rings is 2. The summed E-state index contributed by atoms with van der Waals surface area (Å²) in [4.78, 5) is 8.92. The van der Waals surface area contributed by atoms with Gasteiger partial charge in [-0.3, -0.25) is 0 Å². The number of aromatic nitrogens is 2. The van der Waals surface area contributed by atoms with Crippen LogP contribution < -0.4 is 20.1 Å². The van der Waals surface area contributed by atoms with Gasteiger partial charge in [0.05, 0.1) is 14.2 Å². The van der Waals surface area contributed by atoms with Crippen molar-refractivity contribution < 1.29 is 9.47 Å². The predicted octanol–water partition coefficient (Wildman–Crippen LogP) is 4.47. The SMILES string of the molecule is COc1ccc(Nc2cc(NCc3ccc(C)cc3)nc(C)n2)cc1OC. The molecule has 3 aromatic rings. The van der Waals surface area contributed by atoms with Crippen LogP contribution in [0.3, 0.4) is 0 Å². The van der Waals surface area contributed by atoms with Crippen molar-refractivity contribution in [3.8, 4) is 11.5 Å². The van der Waals surface area contributed by atoms with Crippen molar-refractivity contribution in [2.75, 3.05) is 24.9 Å². The topological polar surface area (TPSA) is 68.3 Å². The first-order valence-corrected chi connectivity index (χ1v) is 8.71. The highest BCUT2D eigenvalue weighted by Gasteiger charge is 2.07. The second-order valence-electron chi connectivity index (χ2n) is 6.22. The number of nitrogens with one attached hydrogen (secondary N) is 2. The van der Waals surface area contributed by atoms with Crippen molar-refractivity contribution in [2.24, 2.45) is 0 Å². The van der Waals surface area contributed by atoms with E-state index in [0.29, 0.717) is 29.7 Å². The summed E-state index contributed by atoms with van der Waals surface area (Å²) >= 11 is 0. The van der Waals surface area contributed by atoms with E-state index in [9.17, 15) is 0 Å². The van der Waals surface area contributed by atoms with E-state index in [4.69, 9.17) is 9.47 Å². The summed E-state index contributed by atoms with van der Waals surface area (Å²) in [6.45, 7) is 4.65. The Morgan fingerprint density at radius 2 is 1.52 bits per heavy atom. The molecule has 6 nitrogen and oxygen atoms in total. The lowest BCUT2D eigenvalue weighted by Gasteiger charge is -2.12. The zero-order valence-electron chi connectivity index (χ0n) is 16.0. The Kier molecular flexibility index (Phi) is 5.76. The van der Waals surface area contributed by atoms with Gasteiger partial charge in [0.1, 0.15) is 17.5 Å². The van der Waals surface area contributed by atoms with Crippen molar-refractivity contribution in [2.45, 2.75) is 20.4 Å². The molecule has 0 saturated heterocycles. The molecule has 6 heteroatoms. The molecule has 0 fully saturated rings. The first-order valence-electron chi connectivity index (χ1n) is 8.71. The molecule has 1 heterocycles. The van der Waals surface area contributed by atoms with Crippen LogP contribution in [0.5, 0.6) is 11.5 Å². The van der Waals surface area contributed by atoms with Gasteiger partial charge in [-0.1, -0.05) is 29.8 Å². The molecule has 0 unspecified atom stereocenters. The highest BCUT2D eigenvalue weighted by molar-refractivity contribution is 5.63. The number of rotatable bonds is 7. The summed E-state index contributed by atoms with van der Waals surface area (Å²) < 4.78 is 10.6. The summed E-state index contributed by atoms with van der Waals surface area (Å²) in [7, 11) is 3.23. The Morgan fingerprint density at radius 3 is 2.22 bits per heavy atom. The van der Waals surface area contributed by atoms with E-state index in [1.165, 1.54) is 11.1 Å². The fourth-order valence-electron chi connectivity index (χ4n) is 2.68. The number of aryl methyl sites for hydroxylation is 2. The van der Waals surface area contributed by atoms with E-state index in [2.05, 4.69) is 51.8 Å². The fourth-order valence-corrected chi connectivity index (χ4v) is 2.68. The van der Waals surface area contributed by atoms with Crippen molar-refractivity contribution in [1.82, 2.24) is 9.97 Å². The lowest BCUT2D eigenvalue weighted by Crippen LogP contribution is -2.05. The van der Waals surface area contributed by atoms with Gasteiger partial charge >= 0.3 is 0 Å². The van der Waals surface area contributed by atoms with Gasteiger partial charge in [-0.2, -0.15) is 0 Å². The molecule has 1 aromatic heterocycles. The van der Waals surface area contributed by atoms with Gasteiger partial charge in [0.2, 0.25) is 0 Å². The van der Waals surface area contributed by atoms with Gasteiger partial charge in [0.25, 0.3) is 0 Å². The minimum atomic E-state index is 0.658. The lowest BCUT2D eigenvalue weighted by molar-refractivity contribution is 0.355. The minimum absolute atomic E-state index is 0.658. The molecule has 0 aliphatic heterocycles. The van der Waals surface area contributed by atoms with Crippen LogP contribution in [0.4, 0.5) is 17.3 Å². The normalized spacial score (nSPS) is 10.4. The molecule has 2 N–H and O–H groups in total. The van der Waals surface area contributed by atoms with Crippen molar-refractivity contribution in [3.05, 3.63) is 65.5 Å². The average Bonchev–Trinajstić information content (AvgIpc) is 2.67. The molecular weight excluding hydrogens is 340 g/mol. The maximum atomic E-state index is 5.35. The molecule has 0 aliphatic rings. The number of anilines is 3. The van der Waals surface area contributed by atoms with Crippen LogP contribution >= 0.6 is 0 Å². The summed E-state index contributed by atoms with van der Waals surface area (Å²) in [6.07, 6.45) is 0. The highest BCUT2D eigenvalue weighted by atomic mass is 16.5. The number of methoxy groups -OCH3 is 2. The Balaban J connectivity index is 1.74. The van der Waals surface area contributed by atoms with Gasteiger partial charge in [0.15, 0.2) is 11.5 Å². The van der Waals surface area contributed by atoms with E-state index >= 15 is 0 Å². The molecule has 0 aliphatic carbocycles. The maximum Gasteiger partial charge on any atom is 0.162 e. The van der Waals surface area contributed by atoms with Crippen LogP contribution in [0.25, 0.3) is 0 Å². The van der Waals surface area contributed by atoms with Crippen LogP contribution in [-0.2, 0) is 6.54 Å². The minimum Gasteiger partial charge on any atom is -0.493 e. The molecule has 0 spiro atoms. The average molecular weight is 364 g/mol. The Bertz CT molecular complexity index is 911. The highest BCUT2D eigenvalue weighted by Crippen LogP contribution is 2.31. The summed E-state index contributed by atoms with van der Waals surface area (Å²) in [6, 6.07) is 16.0. The molecule has 0 saturated carbocycles. The van der Waals surface area contributed by atoms with Gasteiger partial charge in [-0.25, -0.2) is 9.97 Å². The summed E-state index contributed by atoms with van der Waals surface area (Å²) in [5.74, 6) is 3.51. The smallest absolute Gasteiger partial charge is 0.162 e. The molecule has 0 atom stereocenters. The third-order valence-corrected chi connectivity index (χ3v) is 4.09. The first kappa shape index (κ1) is 18.5. The first-order chi connectivity index (χ1) is 13.1. The number of ether oxygens (including phenoxy) is 2. The Morgan fingerprint density at radius 1 is 0.815 bits per heavy atom. The van der Waals surface area contributed by atoms with Crippen LogP contribution in [0.2, 0.25) is 0 Å². The molecule has 3 rings (SSSR count). The van der Waals surface area contributed by atoms with Gasteiger partial charge in [0, 0.05) is 24.4 Å². The molecule has 140 valence electrons. The van der Waals surface area contributed by atoms with E-state index < -0.39 is 0 Å². The summed E-state index contributed by atoms with van der Waals surface area (Å²) in [5, 5.41) is 6.64. The fraction of sp³-hybridized carbons (Fsp3) is 0.238. The van der Waals surface area contributed by atoms with Gasteiger partial charge in [-0.05, 0) is 31.5 Å². The van der Waals surface area contributed by atoms with E-state index in [0.717, 1.165) is 11.5 Å². The van der Waals surface area contributed by atoms with Crippen LogP contribution in [0.1, 0.15) is 17.0 Å². The molecule has 0 amide bonds. The van der Waals surface area contributed by atoms with Crippen LogP contribution in [-0.4, -0.2) is 24.2 Å². The third kappa shape index (κ3) is 4.88. The molecule has 27 heavy (non-hydrogen) atoms. The standard InChI is InChI=1S/C21H24N4O2/c1-14-5-7-16(8-6-14)13-22-20-12-21(24-15(2)23-20)25-17-9-10-18(26-3)19(11-17)27-4/h5-12H,13H2,1-4H3,(H2,22,23,24,25). The number of hydrogen-bond acceptors (Lipinski definition) is 6. The van der Waals surface area contributed by atoms with E-state index in [1.807, 2.05) is 31.2 Å². The van der Waals surface area contributed by atoms with Gasteiger partial charge < -0.3 is 20.1 Å². The van der Waals surface area contributed by atoms with E-state index in [-0.39, 0.29) is 0 Å². The van der Waals surface area contributed by atoms with Crippen molar-refractivity contribution >= 4 is 17.3 Å². The van der Waals surface area contributed by atoms with Crippen LogP contribution in [0.15, 0.2) is 48.5 Å². The molecule has 2 aromatic carbocycles. The Labute approximate surface area is 159 Å². The Hall–Kier alpha value is -3.28. The lowest BCUT2D eigenvalue weighted by atomic mass is 10.1. The largest absolute Gasteiger partial charge is 0.493 e. The molecule has 0 radical (unpaired) electrons. The van der Waals surface area contributed by atoms with E-state index in [1.54, 1.807) is 14.2 Å². The number of hydrogen-bond donors (Lipinski definition) is 2. The maximum absolute atomic E-state index is 5.35. The molecular formula is C21H24N4O2. The zero-order chi connectivity index (χ0) is 19.2. The summed E-state index contributed by atoms with van der Waals surface area (Å²) in [5.41, 5.74) is 3.31. The second kappa shape index (κ2) is 8.40. The monoisotopic (exact) mass is 364 g/mol. The van der Waals surface area contributed by atoms with Gasteiger partial charge in [-0.15, -0.1) is 0 Å².